The summed E-state index contributed by atoms with van der Waals surface area (Å²) in [6.07, 6.45) is 2.72. The fourth-order valence-electron chi connectivity index (χ4n) is 11.1. The summed E-state index contributed by atoms with van der Waals surface area (Å²) in [5.74, 6) is -5.69. The van der Waals surface area contributed by atoms with Gasteiger partial charge in [0.2, 0.25) is 23.6 Å². The van der Waals surface area contributed by atoms with Crippen LogP contribution in [0.1, 0.15) is 178 Å². The van der Waals surface area contributed by atoms with Gasteiger partial charge >= 0.3 is 11.9 Å². The zero-order valence-corrected chi connectivity index (χ0v) is 56.4. The average Bonchev–Trinajstić information content (AvgIpc) is 3.27. The van der Waals surface area contributed by atoms with Crippen molar-refractivity contribution in [1.29, 1.82) is 0 Å². The van der Waals surface area contributed by atoms with Gasteiger partial charge in [-0.2, -0.15) is 0 Å². The van der Waals surface area contributed by atoms with Crippen molar-refractivity contribution in [3.8, 4) is 0 Å². The van der Waals surface area contributed by atoms with Gasteiger partial charge in [0.1, 0.15) is 79.0 Å². The van der Waals surface area contributed by atoms with Crippen molar-refractivity contribution < 1.29 is 99.1 Å². The first-order chi connectivity index (χ1) is 40.5. The van der Waals surface area contributed by atoms with Crippen molar-refractivity contribution in [2.45, 2.75) is 229 Å². The summed E-state index contributed by atoms with van der Waals surface area (Å²) in [6.45, 7) is 25.7. The molecule has 0 saturated carbocycles. The first-order valence-electron chi connectivity index (χ1n) is 31.7. The molecule has 2 aromatic carbocycles. The molecule has 0 aliphatic carbocycles. The second-order valence-electron chi connectivity index (χ2n) is 25.9. The molecule has 4 amide bonds. The lowest BCUT2D eigenvalue weighted by Crippen LogP contribution is -3.00. The quantitative estimate of drug-likeness (QED) is 0.0398. The van der Waals surface area contributed by atoms with Crippen molar-refractivity contribution in [2.75, 3.05) is 13.1 Å². The van der Waals surface area contributed by atoms with E-state index in [2.05, 4.69) is 22.1 Å². The number of hydrogen-bond donors (Lipinski definition) is 6. The maximum absolute atomic E-state index is 13.8. The highest BCUT2D eigenvalue weighted by atomic mass is 35.5. The topological polar surface area (TPSA) is 298 Å². The average molecular weight is 1280 g/mol. The standard InChI is InChI=1S/C35H55N3O7.C32H51N3O6.2ClH/c1-8-23(6)31(36)30(40)19-26(39)18-27(22(4)5)32(41)24(7)33(42)37-28(17-21(2)3)34(43)38-16-12-15-29(38)35(44)45-20-25-13-10-9-11-14-25;1-7-22(6)29(33)28(37)18-24(36)17-25(21(4)5)30(38)34-26(16-20(2)3)31(39)35-15-11-14-27(35)32(40)41-19-23-12-9-8-10-13-23;;/h9-11,13-14,21-24,27-31,40H,8,12,15-20,36H2,1-7H3,(H,37,42);8-10,12-13,20-22,25-29,37H,7,11,14-19,33H2,1-6H3,(H,34,38);2*1H/t23-,24+,27-,28-,29-,30-,31+;22-,25-,26-,27-,28-,29+;;/m00../s1. The van der Waals surface area contributed by atoms with Crippen molar-refractivity contribution in [3.63, 3.8) is 0 Å². The summed E-state index contributed by atoms with van der Waals surface area (Å²) in [7, 11) is 0. The molecule has 0 bridgehead atoms. The van der Waals surface area contributed by atoms with E-state index in [0.717, 1.165) is 24.0 Å². The molecule has 0 aromatic heterocycles. The normalized spacial score (nSPS) is 18.6. The molecule has 2 saturated heterocycles. The molecular formula is C67H108Cl2N6O13. The van der Waals surface area contributed by atoms with Crippen LogP contribution < -0.4 is 46.9 Å². The molecule has 0 radical (unpaired) electrons. The number of aliphatic hydroxyl groups excluding tert-OH is 2. The number of halogens is 2. The summed E-state index contributed by atoms with van der Waals surface area (Å²) in [6, 6.07) is 15.0. The van der Waals surface area contributed by atoms with Gasteiger partial charge in [0.25, 0.3) is 0 Å². The number of amides is 4. The van der Waals surface area contributed by atoms with Crippen LogP contribution in [0.4, 0.5) is 0 Å². The Morgan fingerprint density at radius 2 is 0.886 bits per heavy atom. The highest BCUT2D eigenvalue weighted by molar-refractivity contribution is 6.04. The van der Waals surface area contributed by atoms with E-state index in [-0.39, 0.29) is 146 Å². The van der Waals surface area contributed by atoms with E-state index in [9.17, 15) is 53.4 Å². The van der Waals surface area contributed by atoms with E-state index >= 15 is 0 Å². The number of ether oxygens (including phenoxy) is 2. The van der Waals surface area contributed by atoms with Gasteiger partial charge in [-0.3, -0.25) is 33.6 Å². The van der Waals surface area contributed by atoms with Crippen LogP contribution in [0.2, 0.25) is 0 Å². The van der Waals surface area contributed by atoms with Crippen LogP contribution in [0.3, 0.4) is 0 Å². The molecule has 2 aromatic rings. The Morgan fingerprint density at radius 3 is 1.23 bits per heavy atom. The first kappa shape index (κ1) is 80.7. The smallest absolute Gasteiger partial charge is 0.329 e. The van der Waals surface area contributed by atoms with Crippen LogP contribution in [0.25, 0.3) is 0 Å². The summed E-state index contributed by atoms with van der Waals surface area (Å²) in [4.78, 5) is 123. The number of benzene rings is 2. The van der Waals surface area contributed by atoms with Crippen LogP contribution in [0, 0.1) is 53.3 Å². The molecule has 19 nitrogen and oxygen atoms in total. The van der Waals surface area contributed by atoms with Crippen molar-refractivity contribution in [3.05, 3.63) is 71.8 Å². The first-order valence-corrected chi connectivity index (χ1v) is 31.7. The summed E-state index contributed by atoms with van der Waals surface area (Å²) in [5.41, 5.74) is 9.75. The molecule has 2 aliphatic rings. The summed E-state index contributed by atoms with van der Waals surface area (Å²) in [5, 5.41) is 26.8. The number of carbonyl (C=O) groups excluding carboxylic acids is 9. The molecule has 88 heavy (non-hydrogen) atoms. The summed E-state index contributed by atoms with van der Waals surface area (Å²) < 4.78 is 11.1. The number of nitrogens with zero attached hydrogens (tertiary/aromatic N) is 2. The van der Waals surface area contributed by atoms with Crippen molar-refractivity contribution in [2.24, 2.45) is 53.3 Å². The van der Waals surface area contributed by atoms with Crippen LogP contribution in [-0.2, 0) is 65.8 Å². The van der Waals surface area contributed by atoms with Gasteiger partial charge in [-0.1, -0.05) is 144 Å². The molecule has 0 spiro atoms. The van der Waals surface area contributed by atoms with Gasteiger partial charge in [-0.15, -0.1) is 0 Å². The number of nitrogens with one attached hydrogen (secondary N) is 2. The molecule has 498 valence electrons. The molecule has 10 N–H and O–H groups in total. The van der Waals surface area contributed by atoms with Crippen LogP contribution in [0.5, 0.6) is 0 Å². The third-order valence-electron chi connectivity index (χ3n) is 17.3. The number of rotatable bonds is 34. The zero-order chi connectivity index (χ0) is 64.5. The van der Waals surface area contributed by atoms with Gasteiger partial charge in [-0.25, -0.2) is 9.59 Å². The largest absolute Gasteiger partial charge is 1.00 e. The lowest BCUT2D eigenvalue weighted by atomic mass is 9.80. The van der Waals surface area contributed by atoms with E-state index in [1.165, 1.54) is 16.7 Å². The zero-order valence-electron chi connectivity index (χ0n) is 54.9. The lowest BCUT2D eigenvalue weighted by Gasteiger charge is -2.30. The number of hydrogen-bond acceptors (Lipinski definition) is 13. The third-order valence-corrected chi connectivity index (χ3v) is 17.3. The molecule has 4 rings (SSSR count). The van der Waals surface area contributed by atoms with Gasteiger partial charge in [0.05, 0.1) is 5.92 Å². The lowest BCUT2D eigenvalue weighted by molar-refractivity contribution is -0.450. The number of aliphatic hydroxyl groups is 2. The van der Waals surface area contributed by atoms with Crippen molar-refractivity contribution in [1.82, 2.24) is 20.4 Å². The Bertz CT molecular complexity index is 2490. The second kappa shape index (κ2) is 40.4. The van der Waals surface area contributed by atoms with E-state index < -0.39 is 72.0 Å². The monoisotopic (exact) mass is 1270 g/mol. The van der Waals surface area contributed by atoms with Crippen molar-refractivity contribution >= 4 is 52.9 Å². The fraction of sp³-hybridized carbons (Fsp3) is 0.687. The number of Topliss-reactive ketones (excluding diaryl/α,β-unsaturated/α-hetero) is 3. The van der Waals surface area contributed by atoms with Gasteiger partial charge in [-0.05, 0) is 93.1 Å². The minimum Gasteiger partial charge on any atom is -1.00 e. The van der Waals surface area contributed by atoms with Crippen LogP contribution in [0.15, 0.2) is 60.7 Å². The van der Waals surface area contributed by atoms with Gasteiger partial charge in [0, 0.05) is 62.4 Å². The molecule has 0 unspecified atom stereocenters. The fourth-order valence-corrected chi connectivity index (χ4v) is 11.1. The number of carbonyl (C=O) groups is 9. The Labute approximate surface area is 536 Å². The van der Waals surface area contributed by atoms with Crippen LogP contribution >= 0.6 is 0 Å². The third kappa shape index (κ3) is 25.9. The molecule has 2 fully saturated rings. The van der Waals surface area contributed by atoms with Crippen LogP contribution in [-0.4, -0.2) is 134 Å². The maximum atomic E-state index is 13.8. The van der Waals surface area contributed by atoms with Gasteiger partial charge < -0.3 is 76.4 Å². The van der Waals surface area contributed by atoms with E-state index in [1.54, 1.807) is 0 Å². The minimum atomic E-state index is -1.09. The molecule has 21 heteroatoms. The number of likely N-dealkylation sites (tertiary alicyclic amines) is 2. The molecule has 2 heterocycles. The number of esters is 2. The highest BCUT2D eigenvalue weighted by Crippen LogP contribution is 2.27. The van der Waals surface area contributed by atoms with E-state index in [1.807, 2.05) is 144 Å². The van der Waals surface area contributed by atoms with E-state index in [0.29, 0.717) is 51.6 Å². The number of ketones is 3. The second-order valence-corrected chi connectivity index (χ2v) is 25.9. The Balaban J connectivity index is 0.000000864. The van der Waals surface area contributed by atoms with Gasteiger partial charge in [0.15, 0.2) is 0 Å². The summed E-state index contributed by atoms with van der Waals surface area (Å²) >= 11 is 0. The SMILES string of the molecule is CC[C@H](C)[C@@H]([NH3+])[C@@H](O)CC(=O)C[C@H](C(=O)N[C@@H](CC(C)C)C(=O)N1CCC[C@H]1C(=O)OCc1ccccc1)C(C)C.CC[C@H](C)[C@@H]([NH3+])[C@@H](O)CC(=O)C[C@H](C(=O)[C@@H](C)C(=O)N[C@@H](CC(C)C)C(=O)N1CCC[C@H]1C(=O)OCc1ccccc1)C(C)C.[Cl-].[Cl-]. The Hall–Kier alpha value is -5.31. The highest BCUT2D eigenvalue weighted by Gasteiger charge is 2.42. The Kier molecular flexibility index (Phi) is 37.1. The number of quaternary nitrogens is 2. The van der Waals surface area contributed by atoms with E-state index in [4.69, 9.17) is 9.47 Å². The Morgan fingerprint density at radius 1 is 0.534 bits per heavy atom. The predicted octanol–water partition coefficient (Wildman–Crippen LogP) is -0.00540. The molecule has 2 aliphatic heterocycles. The maximum Gasteiger partial charge on any atom is 0.329 e. The minimum absolute atomic E-state index is 0. The molecule has 13 atom stereocenters. The molecular weight excluding hydrogens is 1170 g/mol. The predicted molar refractivity (Wildman–Crippen MR) is 328 cm³/mol.